The first-order valence-corrected chi connectivity index (χ1v) is 8.11. The highest BCUT2D eigenvalue weighted by Gasteiger charge is 2.21. The van der Waals surface area contributed by atoms with E-state index >= 15 is 0 Å². The quantitative estimate of drug-likeness (QED) is 0.753. The minimum Gasteiger partial charge on any atom is -0.398 e. The highest BCUT2D eigenvalue weighted by molar-refractivity contribution is 9.11. The van der Waals surface area contributed by atoms with E-state index in [1.807, 2.05) is 0 Å². The van der Waals surface area contributed by atoms with Crippen LogP contribution in [0.15, 0.2) is 42.8 Å². The lowest BCUT2D eigenvalue weighted by Gasteiger charge is -2.10. The number of hydrogen-bond donors (Lipinski definition) is 2. The molecule has 1 aromatic heterocycles. The highest BCUT2D eigenvalue weighted by atomic mass is 79.9. The molecule has 0 bridgehead atoms. The van der Waals surface area contributed by atoms with Crippen LogP contribution in [0.1, 0.15) is 5.76 Å². The maximum absolute atomic E-state index is 12.2. The molecule has 1 heterocycles. The summed E-state index contributed by atoms with van der Waals surface area (Å²) in [5, 5.41) is 3.49. The Labute approximate surface area is 126 Å². The van der Waals surface area contributed by atoms with Crippen molar-refractivity contribution in [1.29, 1.82) is 0 Å². The van der Waals surface area contributed by atoms with Crippen LogP contribution in [0, 0.1) is 0 Å². The van der Waals surface area contributed by atoms with Gasteiger partial charge >= 0.3 is 0 Å². The maximum atomic E-state index is 12.2. The van der Waals surface area contributed by atoms with Crippen molar-refractivity contribution in [2.75, 3.05) is 5.73 Å². The van der Waals surface area contributed by atoms with Crippen LogP contribution >= 0.6 is 31.9 Å². The lowest BCUT2D eigenvalue weighted by molar-refractivity contribution is 0.380. The molecule has 0 atom stereocenters. The molecule has 0 amide bonds. The second-order valence-electron chi connectivity index (χ2n) is 3.61. The molecule has 0 unspecified atom stereocenters. The highest BCUT2D eigenvalue weighted by Crippen LogP contribution is 2.31. The third kappa shape index (κ3) is 3.35. The average molecular weight is 411 g/mol. The molecule has 0 spiro atoms. The number of nitrogens with one attached hydrogen (secondary N) is 1. The first kappa shape index (κ1) is 14.5. The van der Waals surface area contributed by atoms with Crippen LogP contribution in [0.3, 0.4) is 0 Å². The molecule has 0 radical (unpaired) electrons. The van der Waals surface area contributed by atoms with Gasteiger partial charge in [-0.25, -0.2) is 13.1 Å². The Hall–Kier alpha value is -0.900. The summed E-state index contributed by atoms with van der Waals surface area (Å²) in [4.78, 5) is -0.00443. The van der Waals surface area contributed by atoms with E-state index in [2.05, 4.69) is 41.7 Å². The second-order valence-corrected chi connectivity index (χ2v) is 7.08. The van der Waals surface area contributed by atoms with Gasteiger partial charge in [-0.05, 0) is 28.1 Å². The van der Waals surface area contributed by atoms with Crippen molar-refractivity contribution in [3.63, 3.8) is 0 Å². The normalized spacial score (nSPS) is 11.7. The molecule has 102 valence electrons. The molecule has 0 aliphatic rings. The van der Waals surface area contributed by atoms with Gasteiger partial charge in [0, 0.05) is 15.0 Å². The van der Waals surface area contributed by atoms with Gasteiger partial charge in [-0.1, -0.05) is 21.1 Å². The molecule has 3 N–H and O–H groups in total. The summed E-state index contributed by atoms with van der Waals surface area (Å²) in [7, 11) is -3.74. The molecule has 0 aliphatic carbocycles. The number of nitrogens with zero attached hydrogens (tertiary/aromatic N) is 1. The molecule has 2 aromatic rings. The number of aromatic nitrogens is 1. The zero-order valence-corrected chi connectivity index (χ0v) is 13.4. The van der Waals surface area contributed by atoms with Gasteiger partial charge < -0.3 is 10.3 Å². The van der Waals surface area contributed by atoms with Crippen molar-refractivity contribution in [2.45, 2.75) is 11.4 Å². The lowest BCUT2D eigenvalue weighted by Crippen LogP contribution is -2.24. The van der Waals surface area contributed by atoms with Gasteiger partial charge in [0.25, 0.3) is 0 Å². The smallest absolute Gasteiger partial charge is 0.244 e. The van der Waals surface area contributed by atoms with Crippen molar-refractivity contribution in [3.05, 3.63) is 39.1 Å². The Morgan fingerprint density at radius 1 is 1.37 bits per heavy atom. The van der Waals surface area contributed by atoms with Crippen LogP contribution < -0.4 is 10.5 Å². The summed E-state index contributed by atoms with van der Waals surface area (Å²) < 4.78 is 32.6. The van der Waals surface area contributed by atoms with E-state index in [0.29, 0.717) is 14.7 Å². The predicted molar refractivity (Wildman–Crippen MR) is 76.8 cm³/mol. The first-order chi connectivity index (χ1) is 8.90. The number of nitrogen functional groups attached to an aromatic ring is 1. The molecule has 9 heteroatoms. The van der Waals surface area contributed by atoms with Crippen LogP contribution in [-0.2, 0) is 16.6 Å². The molecular formula is C10H9Br2N3O3S. The molecule has 0 fully saturated rings. The monoisotopic (exact) mass is 409 g/mol. The van der Waals surface area contributed by atoms with Gasteiger partial charge in [0.05, 0.1) is 18.4 Å². The van der Waals surface area contributed by atoms with Gasteiger partial charge in [0.15, 0.2) is 5.76 Å². The number of hydrogen-bond acceptors (Lipinski definition) is 5. The van der Waals surface area contributed by atoms with Crippen molar-refractivity contribution in [3.8, 4) is 0 Å². The SMILES string of the molecule is Nc1cc(Br)cc(Br)c1S(=O)(=O)NCc1ccno1. The van der Waals surface area contributed by atoms with Gasteiger partial charge in [-0.15, -0.1) is 0 Å². The van der Waals surface area contributed by atoms with E-state index < -0.39 is 10.0 Å². The minimum absolute atomic E-state index is 0.00424. The number of anilines is 1. The molecule has 19 heavy (non-hydrogen) atoms. The molecule has 0 aliphatic heterocycles. The molecule has 1 aromatic carbocycles. The van der Waals surface area contributed by atoms with E-state index in [1.54, 1.807) is 12.1 Å². The number of benzene rings is 1. The fraction of sp³-hybridized carbons (Fsp3) is 0.100. The lowest BCUT2D eigenvalue weighted by atomic mass is 10.3. The molecular weight excluding hydrogens is 402 g/mol. The summed E-state index contributed by atoms with van der Waals surface area (Å²) in [6.45, 7) is 0.00424. The zero-order valence-electron chi connectivity index (χ0n) is 9.43. The van der Waals surface area contributed by atoms with Crippen molar-refractivity contribution in [2.24, 2.45) is 0 Å². The molecule has 0 saturated heterocycles. The van der Waals surface area contributed by atoms with E-state index in [4.69, 9.17) is 10.3 Å². The summed E-state index contributed by atoms with van der Waals surface area (Å²) in [6, 6.07) is 4.70. The fourth-order valence-electron chi connectivity index (χ4n) is 1.44. The standard InChI is InChI=1S/C10H9Br2N3O3S/c11-6-3-8(12)10(9(13)4-6)19(16,17)15-5-7-1-2-14-18-7/h1-4,15H,5,13H2. The van der Waals surface area contributed by atoms with E-state index in [9.17, 15) is 8.42 Å². The van der Waals surface area contributed by atoms with E-state index in [-0.39, 0.29) is 17.1 Å². The first-order valence-electron chi connectivity index (χ1n) is 5.04. The predicted octanol–water partition coefficient (Wildman–Crippen LogP) is 2.26. The summed E-state index contributed by atoms with van der Waals surface area (Å²) in [5.41, 5.74) is 5.89. The Morgan fingerprint density at radius 3 is 2.68 bits per heavy atom. The van der Waals surface area contributed by atoms with Crippen LogP contribution in [0.2, 0.25) is 0 Å². The topological polar surface area (TPSA) is 98.2 Å². The van der Waals surface area contributed by atoms with Crippen molar-refractivity contribution in [1.82, 2.24) is 9.88 Å². The fourth-order valence-corrected chi connectivity index (χ4v) is 4.49. The number of sulfonamides is 1. The van der Waals surface area contributed by atoms with Gasteiger partial charge in [-0.2, -0.15) is 0 Å². The van der Waals surface area contributed by atoms with Gasteiger partial charge in [0.2, 0.25) is 10.0 Å². The van der Waals surface area contributed by atoms with E-state index in [1.165, 1.54) is 12.3 Å². The van der Waals surface area contributed by atoms with Crippen LogP contribution in [0.5, 0.6) is 0 Å². The Bertz CT molecular complexity index is 663. The third-order valence-electron chi connectivity index (χ3n) is 2.23. The number of nitrogens with two attached hydrogens (primary N) is 1. The van der Waals surface area contributed by atoms with Crippen LogP contribution in [-0.4, -0.2) is 13.6 Å². The summed E-state index contributed by atoms with van der Waals surface area (Å²) in [5.74, 6) is 0.412. The Balaban J connectivity index is 2.29. The van der Waals surface area contributed by atoms with Gasteiger partial charge in [0.1, 0.15) is 4.90 Å². The molecule has 2 rings (SSSR count). The Kier molecular flexibility index (Phi) is 4.29. The van der Waals surface area contributed by atoms with Crippen LogP contribution in [0.25, 0.3) is 0 Å². The largest absolute Gasteiger partial charge is 0.398 e. The summed E-state index contributed by atoms with van der Waals surface area (Å²) in [6.07, 6.45) is 1.44. The third-order valence-corrected chi connectivity index (χ3v) is 5.10. The number of rotatable bonds is 4. The van der Waals surface area contributed by atoms with Crippen molar-refractivity contribution < 1.29 is 12.9 Å². The van der Waals surface area contributed by atoms with E-state index in [0.717, 1.165) is 0 Å². The number of halogens is 2. The molecule has 6 nitrogen and oxygen atoms in total. The van der Waals surface area contributed by atoms with Gasteiger partial charge in [-0.3, -0.25) is 0 Å². The zero-order chi connectivity index (χ0) is 14.0. The van der Waals surface area contributed by atoms with Crippen molar-refractivity contribution >= 4 is 47.6 Å². The molecule has 0 saturated carbocycles. The second kappa shape index (κ2) is 5.61. The summed E-state index contributed by atoms with van der Waals surface area (Å²) >= 11 is 6.42. The maximum Gasteiger partial charge on any atom is 0.244 e. The average Bonchev–Trinajstić information content (AvgIpc) is 2.77. The van der Waals surface area contributed by atoms with Crippen LogP contribution in [0.4, 0.5) is 5.69 Å². The minimum atomic E-state index is -3.74. The Morgan fingerprint density at radius 2 is 2.11 bits per heavy atom.